The van der Waals surface area contributed by atoms with Crippen molar-refractivity contribution in [2.24, 2.45) is 4.40 Å². The summed E-state index contributed by atoms with van der Waals surface area (Å²) in [7, 11) is -3.91. The fraction of sp³-hybridized carbons (Fsp3) is 0.0667. The number of carbonyl (C=O) groups is 1. The molecular formula is C15H11ClN4O5S2. The number of thioether (sulfide) groups is 1. The van der Waals surface area contributed by atoms with Gasteiger partial charge < -0.3 is 10.6 Å². The van der Waals surface area contributed by atoms with Crippen molar-refractivity contribution < 1.29 is 18.1 Å². The van der Waals surface area contributed by atoms with Crippen LogP contribution in [0.2, 0.25) is 5.02 Å². The zero-order valence-corrected chi connectivity index (χ0v) is 15.8. The molecule has 9 nitrogen and oxygen atoms in total. The molecule has 12 heteroatoms. The molecule has 27 heavy (non-hydrogen) atoms. The number of non-ortho nitro benzene ring substituents is 1. The Kier molecular flexibility index (Phi) is 5.35. The number of amides is 1. The number of anilines is 2. The molecular weight excluding hydrogens is 416 g/mol. The topological polar surface area (TPSA) is 131 Å². The van der Waals surface area contributed by atoms with E-state index in [1.807, 2.05) is 0 Å². The molecule has 1 amide bonds. The van der Waals surface area contributed by atoms with Gasteiger partial charge in [-0.3, -0.25) is 14.9 Å². The highest BCUT2D eigenvalue weighted by Gasteiger charge is 2.25. The fourth-order valence-electron chi connectivity index (χ4n) is 2.17. The quantitative estimate of drug-likeness (QED) is 0.567. The standard InChI is InChI=1S/C15H11ClN4O5S2/c16-9-1-6-12-13(7-9)27(24,25)19-15(18-12)26-8-14(21)17-10-2-4-11(5-3-10)20(22)23/h1-7H,8H2,(H,17,21)(H,18,19). The molecule has 1 aliphatic heterocycles. The molecule has 1 heterocycles. The van der Waals surface area contributed by atoms with Crippen molar-refractivity contribution in [1.29, 1.82) is 0 Å². The number of amidine groups is 1. The normalized spacial score (nSPS) is 14.5. The summed E-state index contributed by atoms with van der Waals surface area (Å²) in [5.74, 6) is -0.529. The van der Waals surface area contributed by atoms with Crippen LogP contribution in [0.15, 0.2) is 51.8 Å². The first kappa shape index (κ1) is 19.1. The number of fused-ring (bicyclic) bond motifs is 1. The highest BCUT2D eigenvalue weighted by Crippen LogP contribution is 2.31. The molecule has 0 radical (unpaired) electrons. The molecule has 0 fully saturated rings. The van der Waals surface area contributed by atoms with Crippen LogP contribution in [0.25, 0.3) is 0 Å². The van der Waals surface area contributed by atoms with Crippen molar-refractivity contribution in [3.05, 3.63) is 57.6 Å². The van der Waals surface area contributed by atoms with Gasteiger partial charge in [0.05, 0.1) is 16.4 Å². The summed E-state index contributed by atoms with van der Waals surface area (Å²) in [5, 5.41) is 16.3. The van der Waals surface area contributed by atoms with Gasteiger partial charge in [0.1, 0.15) is 4.90 Å². The van der Waals surface area contributed by atoms with Crippen LogP contribution >= 0.6 is 23.4 Å². The molecule has 0 saturated heterocycles. The second-order valence-corrected chi connectivity index (χ2v) is 8.25. The maximum absolute atomic E-state index is 12.2. The van der Waals surface area contributed by atoms with Gasteiger partial charge in [-0.2, -0.15) is 8.42 Å². The van der Waals surface area contributed by atoms with Gasteiger partial charge in [0.15, 0.2) is 5.17 Å². The first-order valence-electron chi connectivity index (χ1n) is 7.33. The molecule has 0 unspecified atom stereocenters. The van der Waals surface area contributed by atoms with Crippen LogP contribution in [0.4, 0.5) is 17.1 Å². The van der Waals surface area contributed by atoms with E-state index in [0.717, 1.165) is 11.8 Å². The summed E-state index contributed by atoms with van der Waals surface area (Å²) in [6.45, 7) is 0. The Morgan fingerprint density at radius 3 is 2.63 bits per heavy atom. The lowest BCUT2D eigenvalue weighted by Crippen LogP contribution is -2.22. The molecule has 1 aliphatic rings. The summed E-state index contributed by atoms with van der Waals surface area (Å²) in [6, 6.07) is 9.70. The average molecular weight is 427 g/mol. The third-order valence-corrected chi connectivity index (χ3v) is 5.91. The Bertz CT molecular complexity index is 1050. The van der Waals surface area contributed by atoms with Crippen LogP contribution in [-0.4, -0.2) is 30.2 Å². The Morgan fingerprint density at radius 1 is 1.26 bits per heavy atom. The maximum Gasteiger partial charge on any atom is 0.286 e. The highest BCUT2D eigenvalue weighted by molar-refractivity contribution is 8.15. The summed E-state index contributed by atoms with van der Waals surface area (Å²) in [4.78, 5) is 22.0. The van der Waals surface area contributed by atoms with Crippen LogP contribution in [0, 0.1) is 10.1 Å². The Hall–Kier alpha value is -2.63. The van der Waals surface area contributed by atoms with Crippen LogP contribution < -0.4 is 10.6 Å². The monoisotopic (exact) mass is 426 g/mol. The van der Waals surface area contributed by atoms with E-state index >= 15 is 0 Å². The van der Waals surface area contributed by atoms with Gasteiger partial charge in [-0.05, 0) is 30.3 Å². The lowest BCUT2D eigenvalue weighted by molar-refractivity contribution is -0.384. The molecule has 0 aliphatic carbocycles. The van der Waals surface area contributed by atoms with E-state index in [1.54, 1.807) is 0 Å². The lowest BCUT2D eigenvalue weighted by Gasteiger charge is -2.17. The molecule has 3 rings (SSSR count). The van der Waals surface area contributed by atoms with Gasteiger partial charge in [-0.15, -0.1) is 4.40 Å². The predicted octanol–water partition coefficient (Wildman–Crippen LogP) is 3.09. The minimum atomic E-state index is -3.91. The molecule has 2 N–H and O–H groups in total. The van der Waals surface area contributed by atoms with E-state index in [9.17, 15) is 23.3 Å². The molecule has 0 atom stereocenters. The van der Waals surface area contributed by atoms with Crippen LogP contribution in [-0.2, 0) is 14.8 Å². The van der Waals surface area contributed by atoms with Crippen molar-refractivity contribution >= 4 is 61.5 Å². The number of nitrogens with one attached hydrogen (secondary N) is 2. The minimum absolute atomic E-state index is 0.0327. The SMILES string of the molecule is O=C(CSC1=NS(=O)(=O)c2cc(Cl)ccc2N1)Nc1ccc([N+](=O)[O-])cc1. The van der Waals surface area contributed by atoms with Crippen molar-refractivity contribution in [1.82, 2.24) is 0 Å². The second kappa shape index (κ2) is 7.55. The number of sulfonamides is 1. The van der Waals surface area contributed by atoms with E-state index in [2.05, 4.69) is 15.0 Å². The van der Waals surface area contributed by atoms with Crippen LogP contribution in [0.1, 0.15) is 0 Å². The number of benzene rings is 2. The van der Waals surface area contributed by atoms with E-state index in [0.29, 0.717) is 11.4 Å². The lowest BCUT2D eigenvalue weighted by atomic mass is 10.3. The number of hydrogen-bond acceptors (Lipinski definition) is 7. The largest absolute Gasteiger partial charge is 0.333 e. The number of rotatable bonds is 4. The number of halogens is 1. The third kappa shape index (κ3) is 4.56. The summed E-state index contributed by atoms with van der Waals surface area (Å²) in [5.41, 5.74) is 0.622. The van der Waals surface area contributed by atoms with E-state index in [-0.39, 0.29) is 26.5 Å². The summed E-state index contributed by atoms with van der Waals surface area (Å²) in [6.07, 6.45) is 0. The van der Waals surface area contributed by atoms with Gasteiger partial charge in [-0.1, -0.05) is 23.4 Å². The van der Waals surface area contributed by atoms with Crippen molar-refractivity contribution in [2.75, 3.05) is 16.4 Å². The Balaban J connectivity index is 1.63. The number of hydrogen-bond donors (Lipinski definition) is 2. The van der Waals surface area contributed by atoms with Gasteiger partial charge in [0.2, 0.25) is 5.91 Å². The second-order valence-electron chi connectivity index (χ2n) is 5.28. The first-order valence-corrected chi connectivity index (χ1v) is 10.1. The molecule has 2 aromatic rings. The number of nitro benzene ring substituents is 1. The first-order chi connectivity index (χ1) is 12.7. The molecule has 0 saturated carbocycles. The third-order valence-electron chi connectivity index (χ3n) is 3.37. The van der Waals surface area contributed by atoms with Gasteiger partial charge in [0, 0.05) is 22.8 Å². The van der Waals surface area contributed by atoms with E-state index in [1.165, 1.54) is 42.5 Å². The average Bonchev–Trinajstić information content (AvgIpc) is 2.61. The fourth-order valence-corrected chi connectivity index (χ4v) is 4.47. The number of nitro groups is 1. The molecule has 140 valence electrons. The van der Waals surface area contributed by atoms with Gasteiger partial charge >= 0.3 is 0 Å². The van der Waals surface area contributed by atoms with Gasteiger partial charge in [-0.25, -0.2) is 0 Å². The van der Waals surface area contributed by atoms with Crippen LogP contribution in [0.3, 0.4) is 0 Å². The molecule has 0 bridgehead atoms. The predicted molar refractivity (Wildman–Crippen MR) is 104 cm³/mol. The number of nitrogens with zero attached hydrogens (tertiary/aromatic N) is 2. The number of carbonyl (C=O) groups excluding carboxylic acids is 1. The summed E-state index contributed by atoms with van der Waals surface area (Å²) < 4.78 is 28.0. The van der Waals surface area contributed by atoms with Gasteiger partial charge in [0.25, 0.3) is 15.7 Å². The highest BCUT2D eigenvalue weighted by atomic mass is 35.5. The Morgan fingerprint density at radius 2 is 1.96 bits per heavy atom. The molecule has 0 aromatic heterocycles. The zero-order valence-electron chi connectivity index (χ0n) is 13.4. The molecule has 0 spiro atoms. The van der Waals surface area contributed by atoms with Crippen molar-refractivity contribution in [3.8, 4) is 0 Å². The van der Waals surface area contributed by atoms with E-state index < -0.39 is 20.9 Å². The van der Waals surface area contributed by atoms with E-state index in [4.69, 9.17) is 11.6 Å². The van der Waals surface area contributed by atoms with Crippen LogP contribution in [0.5, 0.6) is 0 Å². The molecule has 2 aromatic carbocycles. The Labute approximate surface area is 163 Å². The smallest absolute Gasteiger partial charge is 0.286 e. The van der Waals surface area contributed by atoms with Crippen molar-refractivity contribution in [2.45, 2.75) is 4.90 Å². The minimum Gasteiger partial charge on any atom is -0.333 e. The van der Waals surface area contributed by atoms with Crippen molar-refractivity contribution in [3.63, 3.8) is 0 Å². The summed E-state index contributed by atoms with van der Waals surface area (Å²) >= 11 is 6.72. The maximum atomic E-state index is 12.2. The zero-order chi connectivity index (χ0) is 19.6.